The summed E-state index contributed by atoms with van der Waals surface area (Å²) in [5.74, 6) is 0.323. The van der Waals surface area contributed by atoms with E-state index in [1.165, 1.54) is 5.56 Å². The van der Waals surface area contributed by atoms with Crippen molar-refractivity contribution in [3.05, 3.63) is 71.8 Å². The lowest BCUT2D eigenvalue weighted by Gasteiger charge is -2.22. The van der Waals surface area contributed by atoms with Gasteiger partial charge in [0.25, 0.3) is 0 Å². The fourth-order valence-electron chi connectivity index (χ4n) is 2.68. The van der Waals surface area contributed by atoms with Gasteiger partial charge in [-0.1, -0.05) is 74.5 Å². The Morgan fingerprint density at radius 1 is 1.00 bits per heavy atom. The topological polar surface area (TPSA) is 55.1 Å². The molecule has 3 heteroatoms. The molecule has 0 aliphatic heterocycles. The molecule has 0 heterocycles. The number of carbonyl (C=O) groups excluding carboxylic acids is 1. The van der Waals surface area contributed by atoms with E-state index < -0.39 is 6.04 Å². The Morgan fingerprint density at radius 2 is 1.57 bits per heavy atom. The molecular formula is C20H26N2O. The number of rotatable bonds is 7. The normalized spacial score (nSPS) is 13.6. The number of hydrogen-bond acceptors (Lipinski definition) is 2. The highest BCUT2D eigenvalue weighted by Crippen LogP contribution is 2.19. The van der Waals surface area contributed by atoms with Crippen molar-refractivity contribution in [2.45, 2.75) is 38.8 Å². The van der Waals surface area contributed by atoms with Crippen molar-refractivity contribution in [3.63, 3.8) is 0 Å². The lowest BCUT2D eigenvalue weighted by atomic mass is 9.97. The van der Waals surface area contributed by atoms with Crippen LogP contribution in [0.5, 0.6) is 0 Å². The van der Waals surface area contributed by atoms with Crippen LogP contribution in [0.1, 0.15) is 37.4 Å². The molecule has 0 aliphatic carbocycles. The minimum absolute atomic E-state index is 0.0655. The Balaban J connectivity index is 2.12. The Hall–Kier alpha value is -2.13. The predicted octanol–water partition coefficient (Wildman–Crippen LogP) is 3.46. The number of hydrogen-bond donors (Lipinski definition) is 2. The standard InChI is InChI=1S/C20H26N2O/c1-15(2)13-18(21)20(23)22-19(17-11-7-4-8-12-17)14-16-9-5-3-6-10-16/h3-12,15,18-19H,13-14,21H2,1-2H3,(H,22,23)/t18-,19?/m0/s1. The van der Waals surface area contributed by atoms with Crippen LogP contribution in [0.25, 0.3) is 0 Å². The van der Waals surface area contributed by atoms with Crippen LogP contribution in [0.3, 0.4) is 0 Å². The molecule has 0 aromatic heterocycles. The second-order valence-corrected chi connectivity index (χ2v) is 6.40. The van der Waals surface area contributed by atoms with Crippen molar-refractivity contribution in [2.24, 2.45) is 11.7 Å². The lowest BCUT2D eigenvalue weighted by molar-refractivity contribution is -0.123. The number of amides is 1. The third-order valence-electron chi connectivity index (χ3n) is 3.86. The highest BCUT2D eigenvalue weighted by atomic mass is 16.2. The number of nitrogens with one attached hydrogen (secondary N) is 1. The smallest absolute Gasteiger partial charge is 0.237 e. The van der Waals surface area contributed by atoms with E-state index in [4.69, 9.17) is 5.73 Å². The Bertz CT molecular complexity index is 596. The van der Waals surface area contributed by atoms with Crippen LogP contribution >= 0.6 is 0 Å². The molecule has 0 spiro atoms. The van der Waals surface area contributed by atoms with E-state index in [1.807, 2.05) is 48.5 Å². The highest BCUT2D eigenvalue weighted by Gasteiger charge is 2.20. The molecule has 2 atom stereocenters. The predicted molar refractivity (Wildman–Crippen MR) is 94.9 cm³/mol. The van der Waals surface area contributed by atoms with Gasteiger partial charge < -0.3 is 11.1 Å². The molecular weight excluding hydrogens is 284 g/mol. The number of nitrogens with two attached hydrogens (primary N) is 1. The van der Waals surface area contributed by atoms with Gasteiger partial charge in [0.1, 0.15) is 0 Å². The van der Waals surface area contributed by atoms with Gasteiger partial charge in [-0.2, -0.15) is 0 Å². The van der Waals surface area contributed by atoms with Gasteiger partial charge in [0, 0.05) is 0 Å². The van der Waals surface area contributed by atoms with Crippen molar-refractivity contribution in [1.82, 2.24) is 5.32 Å². The lowest BCUT2D eigenvalue weighted by Crippen LogP contribution is -2.43. The first-order chi connectivity index (χ1) is 11.1. The second-order valence-electron chi connectivity index (χ2n) is 6.40. The Morgan fingerprint density at radius 3 is 2.13 bits per heavy atom. The molecule has 0 saturated carbocycles. The fraction of sp³-hybridized carbons (Fsp3) is 0.350. The van der Waals surface area contributed by atoms with E-state index in [0.717, 1.165) is 12.0 Å². The highest BCUT2D eigenvalue weighted by molar-refractivity contribution is 5.81. The van der Waals surface area contributed by atoms with Gasteiger partial charge in [-0.25, -0.2) is 0 Å². The monoisotopic (exact) mass is 310 g/mol. The molecule has 3 nitrogen and oxygen atoms in total. The van der Waals surface area contributed by atoms with Crippen molar-refractivity contribution in [3.8, 4) is 0 Å². The summed E-state index contributed by atoms with van der Waals surface area (Å²) in [4.78, 5) is 12.4. The number of benzene rings is 2. The average Bonchev–Trinajstić information content (AvgIpc) is 2.55. The SMILES string of the molecule is CC(C)C[C@H](N)C(=O)NC(Cc1ccccc1)c1ccccc1. The van der Waals surface area contributed by atoms with Gasteiger partial charge >= 0.3 is 0 Å². The third-order valence-corrected chi connectivity index (χ3v) is 3.86. The molecule has 122 valence electrons. The molecule has 0 aliphatic rings. The summed E-state index contributed by atoms with van der Waals surface area (Å²) in [7, 11) is 0. The summed E-state index contributed by atoms with van der Waals surface area (Å²) in [5, 5.41) is 3.12. The molecule has 0 saturated heterocycles. The van der Waals surface area contributed by atoms with Crippen LogP contribution in [-0.4, -0.2) is 11.9 Å². The first kappa shape index (κ1) is 17.2. The molecule has 0 radical (unpaired) electrons. The van der Waals surface area contributed by atoms with Crippen molar-refractivity contribution >= 4 is 5.91 Å². The van der Waals surface area contributed by atoms with E-state index in [2.05, 4.69) is 31.3 Å². The summed E-state index contributed by atoms with van der Waals surface area (Å²) in [6.07, 6.45) is 1.45. The fourth-order valence-corrected chi connectivity index (χ4v) is 2.68. The van der Waals surface area contributed by atoms with Gasteiger partial charge in [-0.05, 0) is 29.9 Å². The summed E-state index contributed by atoms with van der Waals surface area (Å²) < 4.78 is 0. The minimum Gasteiger partial charge on any atom is -0.348 e. The largest absolute Gasteiger partial charge is 0.348 e. The van der Waals surface area contributed by atoms with Crippen molar-refractivity contribution < 1.29 is 4.79 Å². The van der Waals surface area contributed by atoms with Gasteiger partial charge in [0.2, 0.25) is 5.91 Å². The second kappa shape index (κ2) is 8.49. The summed E-state index contributed by atoms with van der Waals surface area (Å²) in [6.45, 7) is 4.15. The molecule has 2 aromatic rings. The first-order valence-electron chi connectivity index (χ1n) is 8.21. The van der Waals surface area contributed by atoms with Crippen LogP contribution < -0.4 is 11.1 Å². The summed E-state index contributed by atoms with van der Waals surface area (Å²) >= 11 is 0. The molecule has 2 aromatic carbocycles. The van der Waals surface area contributed by atoms with Gasteiger partial charge in [-0.15, -0.1) is 0 Å². The van der Waals surface area contributed by atoms with E-state index >= 15 is 0 Å². The third kappa shape index (κ3) is 5.53. The minimum atomic E-state index is -0.461. The zero-order chi connectivity index (χ0) is 16.7. The molecule has 0 bridgehead atoms. The molecule has 1 unspecified atom stereocenters. The first-order valence-corrected chi connectivity index (χ1v) is 8.21. The summed E-state index contributed by atoms with van der Waals surface area (Å²) in [6, 6.07) is 19.7. The molecule has 0 fully saturated rings. The van der Waals surface area contributed by atoms with Crippen molar-refractivity contribution in [1.29, 1.82) is 0 Å². The zero-order valence-electron chi connectivity index (χ0n) is 13.9. The quantitative estimate of drug-likeness (QED) is 0.823. The summed E-state index contributed by atoms with van der Waals surface area (Å²) in [5.41, 5.74) is 8.32. The van der Waals surface area contributed by atoms with Crippen LogP contribution in [0.4, 0.5) is 0 Å². The maximum Gasteiger partial charge on any atom is 0.237 e. The molecule has 1 amide bonds. The average molecular weight is 310 g/mol. The molecule has 3 N–H and O–H groups in total. The van der Waals surface area contributed by atoms with Crippen LogP contribution in [-0.2, 0) is 11.2 Å². The van der Waals surface area contributed by atoms with Gasteiger partial charge in [0.15, 0.2) is 0 Å². The maximum atomic E-state index is 12.4. The Kier molecular flexibility index (Phi) is 6.36. The van der Waals surface area contributed by atoms with E-state index in [1.54, 1.807) is 0 Å². The van der Waals surface area contributed by atoms with Crippen LogP contribution in [0.2, 0.25) is 0 Å². The van der Waals surface area contributed by atoms with Gasteiger partial charge in [0.05, 0.1) is 12.1 Å². The van der Waals surface area contributed by atoms with Crippen LogP contribution in [0, 0.1) is 5.92 Å². The van der Waals surface area contributed by atoms with E-state index in [-0.39, 0.29) is 11.9 Å². The van der Waals surface area contributed by atoms with E-state index in [9.17, 15) is 4.79 Å². The maximum absolute atomic E-state index is 12.4. The van der Waals surface area contributed by atoms with E-state index in [0.29, 0.717) is 12.3 Å². The van der Waals surface area contributed by atoms with Crippen molar-refractivity contribution in [2.75, 3.05) is 0 Å². The zero-order valence-corrected chi connectivity index (χ0v) is 13.9. The molecule has 2 rings (SSSR count). The van der Waals surface area contributed by atoms with Gasteiger partial charge in [-0.3, -0.25) is 4.79 Å². The van der Waals surface area contributed by atoms with Crippen LogP contribution in [0.15, 0.2) is 60.7 Å². The Labute approximate surface area is 138 Å². The number of carbonyl (C=O) groups is 1. The molecule has 23 heavy (non-hydrogen) atoms.